The van der Waals surface area contributed by atoms with Gasteiger partial charge in [-0.2, -0.15) is 0 Å². The van der Waals surface area contributed by atoms with Gasteiger partial charge in [0.1, 0.15) is 12.4 Å². The Morgan fingerprint density at radius 3 is 2.54 bits per heavy atom. The summed E-state index contributed by atoms with van der Waals surface area (Å²) in [5.41, 5.74) is 1.93. The molecule has 0 radical (unpaired) electrons. The predicted molar refractivity (Wildman–Crippen MR) is 108 cm³/mol. The van der Waals surface area contributed by atoms with E-state index in [1.54, 1.807) is 0 Å². The molecule has 26 heavy (non-hydrogen) atoms. The highest BCUT2D eigenvalue weighted by Gasteiger charge is 2.21. The number of aryl methyl sites for hydroxylation is 1. The van der Waals surface area contributed by atoms with Crippen molar-refractivity contribution in [3.8, 4) is 5.75 Å². The van der Waals surface area contributed by atoms with Crippen LogP contribution in [0, 0.1) is 6.92 Å². The lowest BCUT2D eigenvalue weighted by Gasteiger charge is -2.34. The van der Waals surface area contributed by atoms with Gasteiger partial charge in [-0.3, -0.25) is 4.90 Å². The maximum absolute atomic E-state index is 12.4. The summed E-state index contributed by atoms with van der Waals surface area (Å²) >= 11 is 3.48. The van der Waals surface area contributed by atoms with Crippen LogP contribution in [-0.2, 0) is 0 Å². The Kier molecular flexibility index (Phi) is 6.52. The predicted octanol–water partition coefficient (Wildman–Crippen LogP) is 3.99. The van der Waals surface area contributed by atoms with Crippen molar-refractivity contribution in [1.29, 1.82) is 0 Å². The summed E-state index contributed by atoms with van der Waals surface area (Å²) in [6.07, 6.45) is 0. The topological polar surface area (TPSA) is 44.8 Å². The van der Waals surface area contributed by atoms with Crippen LogP contribution in [0.4, 0.5) is 10.5 Å². The van der Waals surface area contributed by atoms with Crippen molar-refractivity contribution in [2.45, 2.75) is 6.92 Å². The maximum atomic E-state index is 12.4. The second-order valence-corrected chi connectivity index (χ2v) is 7.24. The lowest BCUT2D eigenvalue weighted by molar-refractivity contribution is 0.132. The normalized spacial score (nSPS) is 14.9. The molecule has 0 bridgehead atoms. The average Bonchev–Trinajstić information content (AvgIpc) is 2.66. The quantitative estimate of drug-likeness (QED) is 0.799. The van der Waals surface area contributed by atoms with Gasteiger partial charge in [-0.25, -0.2) is 4.79 Å². The Balaban J connectivity index is 1.40. The fourth-order valence-electron chi connectivity index (χ4n) is 2.91. The SMILES string of the molecule is Cc1cc(NC(=O)N2CCN(CCOc3ccccc3)CC2)ccc1Br. The molecular weight excluding hydrogens is 394 g/mol. The highest BCUT2D eigenvalue weighted by molar-refractivity contribution is 9.10. The van der Waals surface area contributed by atoms with Crippen LogP contribution in [0.3, 0.4) is 0 Å². The van der Waals surface area contributed by atoms with Gasteiger partial charge >= 0.3 is 6.03 Å². The molecular formula is C20H24BrN3O2. The number of carbonyl (C=O) groups excluding carboxylic acids is 1. The molecule has 6 heteroatoms. The number of anilines is 1. The Bertz CT molecular complexity index is 731. The van der Waals surface area contributed by atoms with E-state index in [1.807, 2.05) is 60.4 Å². The maximum Gasteiger partial charge on any atom is 0.321 e. The fraction of sp³-hybridized carbons (Fsp3) is 0.350. The van der Waals surface area contributed by atoms with Crippen LogP contribution >= 0.6 is 15.9 Å². The van der Waals surface area contributed by atoms with E-state index in [1.165, 1.54) is 0 Å². The number of ether oxygens (including phenoxy) is 1. The molecule has 1 fully saturated rings. The zero-order valence-electron chi connectivity index (χ0n) is 15.0. The Labute approximate surface area is 163 Å². The van der Waals surface area contributed by atoms with Crippen molar-refractivity contribution >= 4 is 27.6 Å². The fourth-order valence-corrected chi connectivity index (χ4v) is 3.16. The van der Waals surface area contributed by atoms with Crippen LogP contribution < -0.4 is 10.1 Å². The van der Waals surface area contributed by atoms with Crippen molar-refractivity contribution in [3.05, 3.63) is 58.6 Å². The largest absolute Gasteiger partial charge is 0.492 e. The molecule has 138 valence electrons. The minimum absolute atomic E-state index is 0.0353. The van der Waals surface area contributed by atoms with E-state index in [0.717, 1.165) is 54.2 Å². The van der Waals surface area contributed by atoms with Crippen LogP contribution in [-0.4, -0.2) is 55.2 Å². The smallest absolute Gasteiger partial charge is 0.321 e. The molecule has 0 aliphatic carbocycles. The molecule has 1 aliphatic heterocycles. The van der Waals surface area contributed by atoms with Crippen LogP contribution in [0.2, 0.25) is 0 Å². The molecule has 1 N–H and O–H groups in total. The number of hydrogen-bond acceptors (Lipinski definition) is 3. The summed E-state index contributed by atoms with van der Waals surface area (Å²) in [7, 11) is 0. The first kappa shape index (κ1) is 18.7. The average molecular weight is 418 g/mol. The molecule has 2 aromatic rings. The number of hydrogen-bond donors (Lipinski definition) is 1. The van der Waals surface area contributed by atoms with Crippen LogP contribution in [0.25, 0.3) is 0 Å². The van der Waals surface area contributed by atoms with Crippen LogP contribution in [0.15, 0.2) is 53.0 Å². The van der Waals surface area contributed by atoms with Gasteiger partial charge in [0.25, 0.3) is 0 Å². The number of para-hydroxylation sites is 1. The third-order valence-electron chi connectivity index (χ3n) is 4.49. The molecule has 0 atom stereocenters. The van der Waals surface area contributed by atoms with E-state index < -0.39 is 0 Å². The van der Waals surface area contributed by atoms with Gasteiger partial charge in [0.15, 0.2) is 0 Å². The molecule has 0 spiro atoms. The van der Waals surface area contributed by atoms with Crippen molar-refractivity contribution in [3.63, 3.8) is 0 Å². The van der Waals surface area contributed by atoms with Gasteiger partial charge in [0.2, 0.25) is 0 Å². The highest BCUT2D eigenvalue weighted by Crippen LogP contribution is 2.20. The van der Waals surface area contributed by atoms with E-state index in [4.69, 9.17) is 4.74 Å². The molecule has 0 aromatic heterocycles. The summed E-state index contributed by atoms with van der Waals surface area (Å²) in [5, 5.41) is 2.98. The minimum Gasteiger partial charge on any atom is -0.492 e. The van der Waals surface area contributed by atoms with Crippen molar-refractivity contribution in [2.75, 3.05) is 44.6 Å². The van der Waals surface area contributed by atoms with Gasteiger partial charge in [-0.1, -0.05) is 34.1 Å². The molecule has 0 saturated carbocycles. The first-order valence-electron chi connectivity index (χ1n) is 8.84. The molecule has 3 rings (SSSR count). The summed E-state index contributed by atoms with van der Waals surface area (Å²) in [6.45, 7) is 6.73. The van der Waals surface area contributed by atoms with Crippen molar-refractivity contribution in [1.82, 2.24) is 9.80 Å². The molecule has 1 heterocycles. The number of carbonyl (C=O) groups is 1. The number of benzene rings is 2. The molecule has 0 unspecified atom stereocenters. The number of halogens is 1. The number of piperazine rings is 1. The summed E-state index contributed by atoms with van der Waals surface area (Å²) < 4.78 is 6.79. The third-order valence-corrected chi connectivity index (χ3v) is 5.38. The molecule has 2 aromatic carbocycles. The standard InChI is InChI=1S/C20H24BrN3O2/c1-16-15-17(7-8-19(16)21)22-20(25)24-11-9-23(10-12-24)13-14-26-18-5-3-2-4-6-18/h2-8,15H,9-14H2,1H3,(H,22,25). The molecule has 1 aliphatic rings. The Morgan fingerprint density at radius 1 is 1.12 bits per heavy atom. The van der Waals surface area contributed by atoms with Crippen molar-refractivity contribution in [2.24, 2.45) is 0 Å². The second-order valence-electron chi connectivity index (χ2n) is 6.38. The van der Waals surface area contributed by atoms with Gasteiger partial charge < -0.3 is 15.0 Å². The van der Waals surface area contributed by atoms with Gasteiger partial charge in [0.05, 0.1) is 0 Å². The first-order chi connectivity index (χ1) is 12.6. The summed E-state index contributed by atoms with van der Waals surface area (Å²) in [4.78, 5) is 16.6. The third kappa shape index (κ3) is 5.22. The number of nitrogens with zero attached hydrogens (tertiary/aromatic N) is 2. The van der Waals surface area contributed by atoms with Gasteiger partial charge in [0, 0.05) is 42.9 Å². The van der Waals surface area contributed by atoms with E-state index in [9.17, 15) is 4.79 Å². The zero-order valence-corrected chi connectivity index (χ0v) is 16.5. The number of urea groups is 1. The monoisotopic (exact) mass is 417 g/mol. The lowest BCUT2D eigenvalue weighted by atomic mass is 10.2. The molecule has 5 nitrogen and oxygen atoms in total. The van der Waals surface area contributed by atoms with Gasteiger partial charge in [-0.15, -0.1) is 0 Å². The summed E-state index contributed by atoms with van der Waals surface area (Å²) in [5.74, 6) is 0.898. The number of amides is 2. The summed E-state index contributed by atoms with van der Waals surface area (Å²) in [6, 6.07) is 15.7. The minimum atomic E-state index is -0.0353. The van der Waals surface area contributed by atoms with E-state index in [-0.39, 0.29) is 6.03 Å². The van der Waals surface area contributed by atoms with E-state index >= 15 is 0 Å². The molecule has 2 amide bonds. The Morgan fingerprint density at radius 2 is 1.85 bits per heavy atom. The second kappa shape index (κ2) is 9.05. The first-order valence-corrected chi connectivity index (χ1v) is 9.63. The van der Waals surface area contributed by atoms with Crippen LogP contribution in [0.5, 0.6) is 5.75 Å². The lowest BCUT2D eigenvalue weighted by Crippen LogP contribution is -2.50. The van der Waals surface area contributed by atoms with Gasteiger partial charge in [-0.05, 0) is 42.8 Å². The number of nitrogens with one attached hydrogen (secondary N) is 1. The Hall–Kier alpha value is -2.05. The molecule has 1 saturated heterocycles. The van der Waals surface area contributed by atoms with Crippen molar-refractivity contribution < 1.29 is 9.53 Å². The van der Waals surface area contributed by atoms with Crippen LogP contribution in [0.1, 0.15) is 5.56 Å². The van der Waals surface area contributed by atoms with E-state index in [2.05, 4.69) is 26.1 Å². The number of rotatable bonds is 5. The zero-order chi connectivity index (χ0) is 18.4. The van der Waals surface area contributed by atoms with E-state index in [0.29, 0.717) is 6.61 Å². The highest BCUT2D eigenvalue weighted by atomic mass is 79.9.